The van der Waals surface area contributed by atoms with E-state index in [1.54, 1.807) is 18.3 Å². The summed E-state index contributed by atoms with van der Waals surface area (Å²) in [6.45, 7) is 0. The number of hydrogen-bond donors (Lipinski definition) is 0. The molecule has 0 radical (unpaired) electrons. The molecule has 0 spiro atoms. The van der Waals surface area contributed by atoms with E-state index in [-0.39, 0.29) is 0 Å². The zero-order valence-electron chi connectivity index (χ0n) is 9.57. The highest BCUT2D eigenvalue weighted by Crippen LogP contribution is 2.28. The second-order valence-electron chi connectivity index (χ2n) is 3.98. The van der Waals surface area contributed by atoms with Gasteiger partial charge in [-0.2, -0.15) is 8.42 Å². The highest BCUT2D eigenvalue weighted by molar-refractivity contribution is 7.86. The Kier molecular flexibility index (Phi) is 2.27. The summed E-state index contributed by atoms with van der Waals surface area (Å²) >= 11 is 0. The van der Waals surface area contributed by atoms with Crippen LogP contribution in [-0.2, 0) is 10.1 Å². The van der Waals surface area contributed by atoms with Gasteiger partial charge in [0, 0.05) is 29.4 Å². The van der Waals surface area contributed by atoms with Crippen LogP contribution in [0, 0.1) is 0 Å². The Morgan fingerprint density at radius 2 is 2.00 bits per heavy atom. The van der Waals surface area contributed by atoms with Gasteiger partial charge in [-0.1, -0.05) is 12.1 Å². The average Bonchev–Trinajstić information content (AvgIpc) is 2.75. The van der Waals surface area contributed by atoms with Gasteiger partial charge in [0.25, 0.3) is 0 Å². The molecule has 5 nitrogen and oxygen atoms in total. The minimum Gasteiger partial charge on any atom is -0.382 e. The fourth-order valence-corrected chi connectivity index (χ4v) is 2.41. The van der Waals surface area contributed by atoms with Crippen molar-refractivity contribution in [3.8, 4) is 5.75 Å². The Hall–Kier alpha value is -2.08. The summed E-state index contributed by atoms with van der Waals surface area (Å²) in [6.07, 6.45) is 6.37. The molecule has 2 heterocycles. The van der Waals surface area contributed by atoms with Crippen LogP contribution in [0.25, 0.3) is 16.4 Å². The van der Waals surface area contributed by atoms with E-state index in [2.05, 4.69) is 4.98 Å². The van der Waals surface area contributed by atoms with Gasteiger partial charge in [-0.05, 0) is 12.1 Å². The van der Waals surface area contributed by atoms with Crippen molar-refractivity contribution in [3.05, 3.63) is 42.9 Å². The van der Waals surface area contributed by atoms with Crippen molar-refractivity contribution in [1.29, 1.82) is 0 Å². The number of fused-ring (bicyclic) bond motifs is 3. The van der Waals surface area contributed by atoms with Crippen molar-refractivity contribution < 1.29 is 12.6 Å². The van der Waals surface area contributed by atoms with E-state index in [1.165, 1.54) is 0 Å². The molecule has 1 aromatic carbocycles. The molecule has 0 aliphatic rings. The maximum absolute atomic E-state index is 11.2. The van der Waals surface area contributed by atoms with Crippen molar-refractivity contribution >= 4 is 26.5 Å². The first kappa shape index (κ1) is 11.0. The van der Waals surface area contributed by atoms with Crippen molar-refractivity contribution in [1.82, 2.24) is 9.38 Å². The molecule has 0 aliphatic heterocycles. The minimum absolute atomic E-state index is 0.320. The van der Waals surface area contributed by atoms with Crippen LogP contribution in [0.15, 0.2) is 42.9 Å². The van der Waals surface area contributed by atoms with Crippen molar-refractivity contribution in [2.75, 3.05) is 6.26 Å². The van der Waals surface area contributed by atoms with Crippen LogP contribution < -0.4 is 4.18 Å². The number of imidazole rings is 1. The molecule has 0 saturated carbocycles. The monoisotopic (exact) mass is 262 g/mol. The van der Waals surface area contributed by atoms with Gasteiger partial charge in [0.05, 0.1) is 6.26 Å². The van der Waals surface area contributed by atoms with Crippen LogP contribution in [0.1, 0.15) is 0 Å². The third-order valence-electron chi connectivity index (χ3n) is 2.62. The van der Waals surface area contributed by atoms with E-state index in [4.69, 9.17) is 4.18 Å². The molecule has 0 saturated heterocycles. The molecule has 0 N–H and O–H groups in total. The molecule has 2 aromatic heterocycles. The standard InChI is InChI=1S/C12H10N2O3S/c1-18(15,16)17-11-4-2-3-10-9(11)5-7-14-8-6-13-12(10)14/h2-8H,1H3. The van der Waals surface area contributed by atoms with Crippen molar-refractivity contribution in [2.24, 2.45) is 0 Å². The van der Waals surface area contributed by atoms with E-state index in [1.807, 2.05) is 28.9 Å². The average molecular weight is 262 g/mol. The molecule has 0 atom stereocenters. The Balaban J connectivity index is 2.34. The zero-order chi connectivity index (χ0) is 12.8. The summed E-state index contributed by atoms with van der Waals surface area (Å²) < 4.78 is 29.3. The quantitative estimate of drug-likeness (QED) is 0.661. The Morgan fingerprint density at radius 1 is 1.17 bits per heavy atom. The first-order chi connectivity index (χ1) is 8.54. The van der Waals surface area contributed by atoms with Gasteiger partial charge in [-0.25, -0.2) is 4.98 Å². The highest BCUT2D eigenvalue weighted by atomic mass is 32.2. The van der Waals surface area contributed by atoms with Crippen molar-refractivity contribution in [2.45, 2.75) is 0 Å². The molecule has 0 aliphatic carbocycles. The van der Waals surface area contributed by atoms with Crippen LogP contribution in [0.5, 0.6) is 5.75 Å². The predicted octanol–water partition coefficient (Wildman–Crippen LogP) is 1.83. The molecule has 0 unspecified atom stereocenters. The number of hydrogen-bond acceptors (Lipinski definition) is 4. The van der Waals surface area contributed by atoms with E-state index in [0.717, 1.165) is 22.7 Å². The third kappa shape index (κ3) is 1.80. The van der Waals surface area contributed by atoms with E-state index >= 15 is 0 Å². The Morgan fingerprint density at radius 3 is 2.78 bits per heavy atom. The lowest BCUT2D eigenvalue weighted by Crippen LogP contribution is -2.06. The van der Waals surface area contributed by atoms with Gasteiger partial charge in [0.2, 0.25) is 0 Å². The van der Waals surface area contributed by atoms with Crippen molar-refractivity contribution in [3.63, 3.8) is 0 Å². The van der Waals surface area contributed by atoms with Crippen LogP contribution in [0.3, 0.4) is 0 Å². The number of benzene rings is 1. The van der Waals surface area contributed by atoms with Gasteiger partial charge in [0.1, 0.15) is 5.65 Å². The fraction of sp³-hybridized carbons (Fsp3) is 0.0833. The van der Waals surface area contributed by atoms with Crippen LogP contribution >= 0.6 is 0 Å². The summed E-state index contributed by atoms with van der Waals surface area (Å²) in [6, 6.07) is 7.07. The summed E-state index contributed by atoms with van der Waals surface area (Å²) in [4.78, 5) is 4.24. The van der Waals surface area contributed by atoms with E-state index in [9.17, 15) is 8.42 Å². The van der Waals surface area contributed by atoms with Gasteiger partial charge in [-0.3, -0.25) is 0 Å². The third-order valence-corrected chi connectivity index (χ3v) is 3.10. The lowest BCUT2D eigenvalue weighted by atomic mass is 10.1. The number of nitrogens with zero attached hydrogens (tertiary/aromatic N) is 2. The lowest BCUT2D eigenvalue weighted by Gasteiger charge is -2.07. The molecule has 0 fully saturated rings. The van der Waals surface area contributed by atoms with Gasteiger partial charge in [-0.15, -0.1) is 0 Å². The van der Waals surface area contributed by atoms with Crippen LogP contribution in [-0.4, -0.2) is 24.1 Å². The maximum atomic E-state index is 11.2. The Bertz CT molecular complexity index is 837. The molecule has 3 rings (SSSR count). The predicted molar refractivity (Wildman–Crippen MR) is 68.2 cm³/mol. The number of aromatic nitrogens is 2. The van der Waals surface area contributed by atoms with Crippen LogP contribution in [0.4, 0.5) is 0 Å². The fourth-order valence-electron chi connectivity index (χ4n) is 1.94. The molecule has 18 heavy (non-hydrogen) atoms. The molecule has 6 heteroatoms. The van der Waals surface area contributed by atoms with Gasteiger partial charge >= 0.3 is 10.1 Å². The van der Waals surface area contributed by atoms with Gasteiger partial charge < -0.3 is 8.58 Å². The normalized spacial score (nSPS) is 12.1. The van der Waals surface area contributed by atoms with E-state index < -0.39 is 10.1 Å². The second-order valence-corrected chi connectivity index (χ2v) is 5.55. The maximum Gasteiger partial charge on any atom is 0.306 e. The minimum atomic E-state index is -3.54. The van der Waals surface area contributed by atoms with E-state index in [0.29, 0.717) is 5.75 Å². The summed E-state index contributed by atoms with van der Waals surface area (Å²) in [5, 5.41) is 1.57. The lowest BCUT2D eigenvalue weighted by molar-refractivity contribution is 0.495. The summed E-state index contributed by atoms with van der Waals surface area (Å²) in [7, 11) is -3.54. The molecule has 3 aromatic rings. The SMILES string of the molecule is CS(=O)(=O)Oc1cccc2c1ccn1ccnc21. The van der Waals surface area contributed by atoms with Gasteiger partial charge in [0.15, 0.2) is 5.75 Å². The first-order valence-corrected chi connectivity index (χ1v) is 7.10. The first-order valence-electron chi connectivity index (χ1n) is 5.28. The van der Waals surface area contributed by atoms with Crippen LogP contribution in [0.2, 0.25) is 0 Å². The molecule has 0 bridgehead atoms. The summed E-state index contributed by atoms with van der Waals surface area (Å²) in [5.41, 5.74) is 0.770. The summed E-state index contributed by atoms with van der Waals surface area (Å²) in [5.74, 6) is 0.320. The molecular weight excluding hydrogens is 252 g/mol. The highest BCUT2D eigenvalue weighted by Gasteiger charge is 2.10. The molecule has 0 amide bonds. The topological polar surface area (TPSA) is 60.7 Å². The molecular formula is C12H10N2O3S. The second kappa shape index (κ2) is 3.71. The zero-order valence-corrected chi connectivity index (χ0v) is 10.4. The number of rotatable bonds is 2. The number of pyridine rings is 1. The largest absolute Gasteiger partial charge is 0.382 e. The Labute approximate surface area is 104 Å². The molecule has 92 valence electrons. The smallest absolute Gasteiger partial charge is 0.306 e.